The highest BCUT2D eigenvalue weighted by Crippen LogP contribution is 2.41. The number of rotatable bonds is 5. The SMILES string of the molecule is CCc1c(C)c(C)cc2c1N(C(=O)O)CCN2C(=O)c1ccc(OC)c(OC(C)C)c1. The van der Waals surface area contributed by atoms with E-state index >= 15 is 0 Å². The molecule has 31 heavy (non-hydrogen) atoms. The summed E-state index contributed by atoms with van der Waals surface area (Å²) in [5.74, 6) is 0.857. The quantitative estimate of drug-likeness (QED) is 0.742. The zero-order valence-electron chi connectivity index (χ0n) is 19.0. The topological polar surface area (TPSA) is 79.3 Å². The number of amides is 2. The first-order valence-corrected chi connectivity index (χ1v) is 10.5. The van der Waals surface area contributed by atoms with E-state index in [0.717, 1.165) is 16.7 Å². The number of aryl methyl sites for hydroxylation is 1. The first-order chi connectivity index (χ1) is 14.7. The fourth-order valence-electron chi connectivity index (χ4n) is 4.04. The minimum absolute atomic E-state index is 0.0724. The van der Waals surface area contributed by atoms with E-state index in [0.29, 0.717) is 34.9 Å². The summed E-state index contributed by atoms with van der Waals surface area (Å²) >= 11 is 0. The van der Waals surface area contributed by atoms with Crippen molar-refractivity contribution in [3.63, 3.8) is 0 Å². The highest BCUT2D eigenvalue weighted by Gasteiger charge is 2.33. The van der Waals surface area contributed by atoms with Crippen molar-refractivity contribution in [3.05, 3.63) is 46.5 Å². The number of nitrogens with zero attached hydrogens (tertiary/aromatic N) is 2. The van der Waals surface area contributed by atoms with Gasteiger partial charge in [-0.1, -0.05) is 6.92 Å². The Bertz CT molecular complexity index is 1020. The Morgan fingerprint density at radius 3 is 2.35 bits per heavy atom. The van der Waals surface area contributed by atoms with E-state index in [-0.39, 0.29) is 25.1 Å². The van der Waals surface area contributed by atoms with Crippen LogP contribution in [0.4, 0.5) is 16.2 Å². The monoisotopic (exact) mass is 426 g/mol. The van der Waals surface area contributed by atoms with Crippen LogP contribution in [0.3, 0.4) is 0 Å². The Hall–Kier alpha value is -3.22. The molecule has 3 rings (SSSR count). The van der Waals surface area contributed by atoms with Gasteiger partial charge in [-0.2, -0.15) is 0 Å². The number of hydrogen-bond acceptors (Lipinski definition) is 4. The Kier molecular flexibility index (Phi) is 6.43. The van der Waals surface area contributed by atoms with Gasteiger partial charge in [-0.3, -0.25) is 9.69 Å². The number of methoxy groups -OCH3 is 1. The fraction of sp³-hybridized carbons (Fsp3) is 0.417. The molecule has 2 aromatic rings. The number of benzene rings is 2. The van der Waals surface area contributed by atoms with Crippen LogP contribution in [-0.4, -0.2) is 43.4 Å². The van der Waals surface area contributed by atoms with Crippen molar-refractivity contribution in [3.8, 4) is 11.5 Å². The van der Waals surface area contributed by atoms with Gasteiger partial charge in [0.25, 0.3) is 5.91 Å². The van der Waals surface area contributed by atoms with Crippen LogP contribution in [0.25, 0.3) is 0 Å². The van der Waals surface area contributed by atoms with Gasteiger partial charge >= 0.3 is 6.09 Å². The number of carbonyl (C=O) groups excluding carboxylic acids is 1. The molecule has 1 heterocycles. The minimum atomic E-state index is -1.01. The smallest absolute Gasteiger partial charge is 0.411 e. The third-order valence-electron chi connectivity index (χ3n) is 5.64. The molecule has 1 N–H and O–H groups in total. The van der Waals surface area contributed by atoms with Gasteiger partial charge in [0.05, 0.1) is 24.6 Å². The summed E-state index contributed by atoms with van der Waals surface area (Å²) in [6, 6.07) is 7.02. The molecule has 0 aliphatic carbocycles. The highest BCUT2D eigenvalue weighted by atomic mass is 16.5. The summed E-state index contributed by atoms with van der Waals surface area (Å²) in [6.07, 6.45) is -0.406. The maximum absolute atomic E-state index is 13.5. The molecular weight excluding hydrogens is 396 g/mol. The normalized spacial score (nSPS) is 13.3. The predicted octanol–water partition coefficient (Wildman–Crippen LogP) is 4.81. The molecule has 0 aromatic heterocycles. The number of carboxylic acid groups (broad SMARTS) is 1. The molecular formula is C24H30N2O5. The Morgan fingerprint density at radius 1 is 1.10 bits per heavy atom. The van der Waals surface area contributed by atoms with Gasteiger partial charge in [-0.05, 0) is 75.1 Å². The van der Waals surface area contributed by atoms with Crippen molar-refractivity contribution in [2.45, 2.75) is 47.1 Å². The standard InChI is InChI=1S/C24H30N2O5/c1-7-18-16(5)15(4)12-19-22(18)26(24(28)29)11-10-25(19)23(27)17-8-9-20(30-6)21(13-17)31-14(2)3/h8-9,12-14H,7,10-11H2,1-6H3,(H,28,29). The number of anilines is 2. The van der Waals surface area contributed by atoms with Gasteiger partial charge in [0, 0.05) is 18.7 Å². The van der Waals surface area contributed by atoms with Gasteiger partial charge in [-0.15, -0.1) is 0 Å². The summed E-state index contributed by atoms with van der Waals surface area (Å²) in [5.41, 5.74) is 4.72. The van der Waals surface area contributed by atoms with Crippen molar-refractivity contribution in [2.24, 2.45) is 0 Å². The van der Waals surface area contributed by atoms with Gasteiger partial charge < -0.3 is 19.5 Å². The molecule has 1 aliphatic heterocycles. The molecule has 0 saturated heterocycles. The second-order valence-corrected chi connectivity index (χ2v) is 7.94. The summed E-state index contributed by atoms with van der Waals surface area (Å²) in [6.45, 7) is 10.3. The van der Waals surface area contributed by atoms with Crippen LogP contribution < -0.4 is 19.3 Å². The largest absolute Gasteiger partial charge is 0.493 e. The summed E-state index contributed by atoms with van der Waals surface area (Å²) in [5, 5.41) is 9.78. The molecule has 0 bridgehead atoms. The fourth-order valence-corrected chi connectivity index (χ4v) is 4.04. The zero-order valence-corrected chi connectivity index (χ0v) is 19.0. The maximum atomic E-state index is 13.5. The van der Waals surface area contributed by atoms with Crippen LogP contribution in [0.1, 0.15) is 47.8 Å². The molecule has 0 saturated carbocycles. The lowest BCUT2D eigenvalue weighted by Crippen LogP contribution is -2.46. The van der Waals surface area contributed by atoms with Crippen molar-refractivity contribution in [1.82, 2.24) is 0 Å². The predicted molar refractivity (Wildman–Crippen MR) is 121 cm³/mol. The van der Waals surface area contributed by atoms with Crippen molar-refractivity contribution >= 4 is 23.4 Å². The van der Waals surface area contributed by atoms with Crippen LogP contribution in [0, 0.1) is 13.8 Å². The third-order valence-corrected chi connectivity index (χ3v) is 5.64. The Labute approximate surface area is 183 Å². The second-order valence-electron chi connectivity index (χ2n) is 7.94. The van der Waals surface area contributed by atoms with E-state index in [1.54, 1.807) is 30.2 Å². The number of fused-ring (bicyclic) bond motifs is 1. The van der Waals surface area contributed by atoms with Crippen molar-refractivity contribution in [1.29, 1.82) is 0 Å². The summed E-state index contributed by atoms with van der Waals surface area (Å²) < 4.78 is 11.2. The molecule has 1 aliphatic rings. The van der Waals surface area contributed by atoms with Crippen LogP contribution in [0.15, 0.2) is 24.3 Å². The van der Waals surface area contributed by atoms with Gasteiger partial charge in [0.2, 0.25) is 0 Å². The molecule has 0 spiro atoms. The second kappa shape index (κ2) is 8.88. The lowest BCUT2D eigenvalue weighted by molar-refractivity contribution is 0.0985. The molecule has 0 unspecified atom stereocenters. The average Bonchev–Trinajstić information content (AvgIpc) is 2.73. The Balaban J connectivity index is 2.11. The van der Waals surface area contributed by atoms with E-state index < -0.39 is 6.09 Å². The first-order valence-electron chi connectivity index (χ1n) is 10.5. The van der Waals surface area contributed by atoms with Gasteiger partial charge in [-0.25, -0.2) is 4.79 Å². The van der Waals surface area contributed by atoms with E-state index in [4.69, 9.17) is 9.47 Å². The molecule has 7 heteroatoms. The summed E-state index contributed by atoms with van der Waals surface area (Å²) in [7, 11) is 1.56. The minimum Gasteiger partial charge on any atom is -0.493 e. The molecule has 2 amide bonds. The lowest BCUT2D eigenvalue weighted by Gasteiger charge is -2.37. The molecule has 166 valence electrons. The van der Waals surface area contributed by atoms with E-state index in [9.17, 15) is 14.7 Å². The average molecular weight is 427 g/mol. The third kappa shape index (κ3) is 4.17. The molecule has 7 nitrogen and oxygen atoms in total. The number of carbonyl (C=O) groups is 2. The van der Waals surface area contributed by atoms with Crippen molar-refractivity contribution < 1.29 is 24.2 Å². The highest BCUT2D eigenvalue weighted by molar-refractivity contribution is 6.10. The molecule has 2 aromatic carbocycles. The van der Waals surface area contributed by atoms with E-state index in [2.05, 4.69) is 0 Å². The molecule has 0 radical (unpaired) electrons. The van der Waals surface area contributed by atoms with Gasteiger partial charge in [0.1, 0.15) is 0 Å². The molecule has 0 atom stereocenters. The molecule has 0 fully saturated rings. The van der Waals surface area contributed by atoms with Crippen LogP contribution in [0.2, 0.25) is 0 Å². The van der Waals surface area contributed by atoms with Crippen molar-refractivity contribution in [2.75, 3.05) is 30.0 Å². The Morgan fingerprint density at radius 2 is 1.77 bits per heavy atom. The van der Waals surface area contributed by atoms with Crippen LogP contribution in [0.5, 0.6) is 11.5 Å². The maximum Gasteiger partial charge on any atom is 0.411 e. The lowest BCUT2D eigenvalue weighted by atomic mass is 9.95. The first kappa shape index (κ1) is 22.5. The van der Waals surface area contributed by atoms with Crippen LogP contribution >= 0.6 is 0 Å². The van der Waals surface area contributed by atoms with E-state index in [1.165, 1.54) is 4.90 Å². The zero-order chi connectivity index (χ0) is 22.9. The number of ether oxygens (including phenoxy) is 2. The number of hydrogen-bond donors (Lipinski definition) is 1. The van der Waals surface area contributed by atoms with Crippen LogP contribution in [-0.2, 0) is 6.42 Å². The van der Waals surface area contributed by atoms with Gasteiger partial charge in [0.15, 0.2) is 11.5 Å². The van der Waals surface area contributed by atoms with E-state index in [1.807, 2.05) is 40.7 Å². The summed E-state index contributed by atoms with van der Waals surface area (Å²) in [4.78, 5) is 28.5.